The topological polar surface area (TPSA) is 34.1 Å². The number of nitrogens with zero attached hydrogens (tertiary/aromatic N) is 2. The number of rotatable bonds is 3. The van der Waals surface area contributed by atoms with E-state index < -0.39 is 0 Å². The summed E-state index contributed by atoms with van der Waals surface area (Å²) in [7, 11) is 1.71. The van der Waals surface area contributed by atoms with Crippen molar-refractivity contribution in [1.82, 2.24) is 0 Å². The van der Waals surface area contributed by atoms with Gasteiger partial charge in [0.1, 0.15) is 0 Å². The summed E-state index contributed by atoms with van der Waals surface area (Å²) in [5.41, 5.74) is 7.67. The molecule has 28 heavy (non-hydrogen) atoms. The second-order valence-electron chi connectivity index (χ2n) is 8.04. The molecule has 1 atom stereocenters. The number of benzene rings is 2. The Labute approximate surface area is 166 Å². The lowest BCUT2D eigenvalue weighted by Crippen LogP contribution is -2.32. The zero-order chi connectivity index (χ0) is 19.3. The summed E-state index contributed by atoms with van der Waals surface area (Å²) in [5.74, 6) is 1.53. The van der Waals surface area contributed by atoms with Crippen LogP contribution in [0.3, 0.4) is 0 Å². The standard InChI is InChI=1S/C24H26N2O2/c1-15(2)28-23-13-20-19(12-22(23)27-3)24(16-8-6-9-16)26-18(14-25-20)11-17-7-4-5-10-21(17)26/h4-5,7,10,12-15,18H,6,8-9,11H2,1-3H3. The highest BCUT2D eigenvalue weighted by atomic mass is 16.5. The molecule has 1 saturated carbocycles. The minimum atomic E-state index is 0.0844. The van der Waals surface area contributed by atoms with Gasteiger partial charge in [-0.15, -0.1) is 0 Å². The van der Waals surface area contributed by atoms with E-state index >= 15 is 0 Å². The molecule has 2 aromatic carbocycles. The molecule has 0 bridgehead atoms. The fraction of sp³-hybridized carbons (Fsp3) is 0.375. The molecule has 0 radical (unpaired) electrons. The molecule has 4 nitrogen and oxygen atoms in total. The Bertz CT molecular complexity index is 984. The van der Waals surface area contributed by atoms with Crippen molar-refractivity contribution in [3.63, 3.8) is 0 Å². The molecule has 0 amide bonds. The summed E-state index contributed by atoms with van der Waals surface area (Å²) in [6.07, 6.45) is 6.77. The molecule has 2 heterocycles. The summed E-state index contributed by atoms with van der Waals surface area (Å²) in [4.78, 5) is 7.41. The molecule has 0 saturated heterocycles. The highest BCUT2D eigenvalue weighted by Crippen LogP contribution is 2.49. The van der Waals surface area contributed by atoms with E-state index in [0.29, 0.717) is 0 Å². The van der Waals surface area contributed by atoms with Crippen LogP contribution in [0.5, 0.6) is 11.5 Å². The Balaban J connectivity index is 1.71. The van der Waals surface area contributed by atoms with Crippen molar-refractivity contribution in [3.05, 3.63) is 53.1 Å². The zero-order valence-corrected chi connectivity index (χ0v) is 16.7. The van der Waals surface area contributed by atoms with Crippen LogP contribution >= 0.6 is 0 Å². The van der Waals surface area contributed by atoms with E-state index in [1.54, 1.807) is 7.11 Å². The maximum Gasteiger partial charge on any atom is 0.163 e. The molecule has 1 fully saturated rings. The zero-order valence-electron chi connectivity index (χ0n) is 16.7. The Morgan fingerprint density at radius 2 is 1.93 bits per heavy atom. The predicted octanol–water partition coefficient (Wildman–Crippen LogP) is 5.52. The maximum atomic E-state index is 6.00. The van der Waals surface area contributed by atoms with Crippen molar-refractivity contribution in [2.24, 2.45) is 4.99 Å². The number of aliphatic imine (C=N–C) groups is 1. The van der Waals surface area contributed by atoms with E-state index in [1.807, 2.05) is 19.9 Å². The normalized spacial score (nSPS) is 19.7. The first-order valence-electron chi connectivity index (χ1n) is 10.2. The van der Waals surface area contributed by atoms with Gasteiger partial charge in [-0.2, -0.15) is 0 Å². The number of methoxy groups -OCH3 is 1. The largest absolute Gasteiger partial charge is 0.493 e. The minimum Gasteiger partial charge on any atom is -0.493 e. The number of anilines is 1. The second-order valence-corrected chi connectivity index (χ2v) is 8.04. The van der Waals surface area contributed by atoms with Crippen LogP contribution in [-0.4, -0.2) is 25.5 Å². The highest BCUT2D eigenvalue weighted by molar-refractivity contribution is 5.97. The Hall–Kier alpha value is -2.75. The number of hydrogen-bond acceptors (Lipinski definition) is 4. The van der Waals surface area contributed by atoms with Gasteiger partial charge in [-0.05, 0) is 56.4 Å². The molecule has 1 aliphatic carbocycles. The Kier molecular flexibility index (Phi) is 4.15. The SMILES string of the molecule is COc1cc2c(cc1OC(C)C)N=CC1Cc3ccccc3N1C2=C1CCC1. The number of allylic oxidation sites excluding steroid dienone is 1. The van der Waals surface area contributed by atoms with E-state index in [9.17, 15) is 0 Å². The third kappa shape index (κ3) is 2.70. The fourth-order valence-electron chi connectivity index (χ4n) is 4.42. The molecule has 2 aromatic rings. The average Bonchev–Trinajstić information content (AvgIpc) is 2.93. The molecule has 3 aliphatic rings. The van der Waals surface area contributed by atoms with Crippen molar-refractivity contribution >= 4 is 23.3 Å². The van der Waals surface area contributed by atoms with Gasteiger partial charge in [0.05, 0.1) is 30.6 Å². The minimum absolute atomic E-state index is 0.0844. The molecule has 2 aliphatic heterocycles. The summed E-state index contributed by atoms with van der Waals surface area (Å²) in [5, 5.41) is 0. The number of para-hydroxylation sites is 1. The summed E-state index contributed by atoms with van der Waals surface area (Å²) in [6.45, 7) is 4.06. The van der Waals surface area contributed by atoms with Crippen LogP contribution in [0, 0.1) is 0 Å². The van der Waals surface area contributed by atoms with Crippen LogP contribution in [0.15, 0.2) is 47.0 Å². The highest BCUT2D eigenvalue weighted by Gasteiger charge is 2.36. The average molecular weight is 374 g/mol. The van der Waals surface area contributed by atoms with Crippen LogP contribution in [0.1, 0.15) is 44.2 Å². The lowest BCUT2D eigenvalue weighted by atomic mass is 9.87. The van der Waals surface area contributed by atoms with Crippen molar-refractivity contribution < 1.29 is 9.47 Å². The van der Waals surface area contributed by atoms with Gasteiger partial charge in [0.15, 0.2) is 11.5 Å². The first kappa shape index (κ1) is 17.4. The lowest BCUT2D eigenvalue weighted by molar-refractivity contribution is 0.230. The first-order valence-corrected chi connectivity index (χ1v) is 10.2. The van der Waals surface area contributed by atoms with Crippen LogP contribution < -0.4 is 14.4 Å². The van der Waals surface area contributed by atoms with Gasteiger partial charge in [0.25, 0.3) is 0 Å². The maximum absolute atomic E-state index is 6.00. The van der Waals surface area contributed by atoms with E-state index in [0.717, 1.165) is 42.0 Å². The number of ether oxygens (including phenoxy) is 2. The lowest BCUT2D eigenvalue weighted by Gasteiger charge is -2.33. The van der Waals surface area contributed by atoms with Crippen molar-refractivity contribution in [2.75, 3.05) is 12.0 Å². The molecular formula is C24H26N2O2. The summed E-state index contributed by atoms with van der Waals surface area (Å²) >= 11 is 0. The third-order valence-corrected chi connectivity index (χ3v) is 5.83. The Morgan fingerprint density at radius 1 is 1.11 bits per heavy atom. The van der Waals surface area contributed by atoms with E-state index in [-0.39, 0.29) is 12.1 Å². The van der Waals surface area contributed by atoms with Gasteiger partial charge < -0.3 is 14.4 Å². The van der Waals surface area contributed by atoms with Crippen molar-refractivity contribution in [2.45, 2.75) is 51.7 Å². The van der Waals surface area contributed by atoms with Crippen LogP contribution in [0.4, 0.5) is 11.4 Å². The molecule has 0 N–H and O–H groups in total. The first-order chi connectivity index (χ1) is 13.7. The van der Waals surface area contributed by atoms with Gasteiger partial charge in [0, 0.05) is 30.0 Å². The molecule has 1 unspecified atom stereocenters. The van der Waals surface area contributed by atoms with Gasteiger partial charge in [-0.3, -0.25) is 4.99 Å². The molecule has 0 spiro atoms. The van der Waals surface area contributed by atoms with Gasteiger partial charge in [-0.1, -0.05) is 18.2 Å². The summed E-state index contributed by atoms with van der Waals surface area (Å²) in [6, 6.07) is 13.2. The van der Waals surface area contributed by atoms with Crippen LogP contribution in [0.25, 0.3) is 5.70 Å². The van der Waals surface area contributed by atoms with Gasteiger partial charge in [0.2, 0.25) is 0 Å². The van der Waals surface area contributed by atoms with Crippen LogP contribution in [0.2, 0.25) is 0 Å². The van der Waals surface area contributed by atoms with Crippen molar-refractivity contribution in [3.8, 4) is 11.5 Å². The molecular weight excluding hydrogens is 348 g/mol. The Morgan fingerprint density at radius 3 is 2.64 bits per heavy atom. The van der Waals surface area contributed by atoms with Gasteiger partial charge >= 0.3 is 0 Å². The molecule has 144 valence electrons. The van der Waals surface area contributed by atoms with E-state index in [2.05, 4.69) is 41.4 Å². The third-order valence-electron chi connectivity index (χ3n) is 5.83. The van der Waals surface area contributed by atoms with Crippen LogP contribution in [-0.2, 0) is 6.42 Å². The fourth-order valence-corrected chi connectivity index (χ4v) is 4.42. The number of hydrogen-bond donors (Lipinski definition) is 0. The summed E-state index contributed by atoms with van der Waals surface area (Å²) < 4.78 is 11.7. The molecule has 4 heteroatoms. The van der Waals surface area contributed by atoms with Crippen molar-refractivity contribution in [1.29, 1.82) is 0 Å². The van der Waals surface area contributed by atoms with E-state index in [4.69, 9.17) is 14.5 Å². The molecule has 5 rings (SSSR count). The number of fused-ring (bicyclic) bond motifs is 4. The van der Waals surface area contributed by atoms with E-state index in [1.165, 1.54) is 28.9 Å². The molecule has 0 aromatic heterocycles. The second kappa shape index (κ2) is 6.69. The quantitative estimate of drug-likeness (QED) is 0.709. The smallest absolute Gasteiger partial charge is 0.163 e. The monoisotopic (exact) mass is 374 g/mol. The van der Waals surface area contributed by atoms with Gasteiger partial charge in [-0.25, -0.2) is 0 Å². The predicted molar refractivity (Wildman–Crippen MR) is 114 cm³/mol.